The maximum absolute atomic E-state index is 4.30. The Kier molecular flexibility index (Phi) is 1.34. The van der Waals surface area contributed by atoms with E-state index >= 15 is 0 Å². The lowest BCUT2D eigenvalue weighted by Gasteiger charge is -1.81. The number of fused-ring (bicyclic) bond motifs is 1. The first-order chi connectivity index (χ1) is 4.88. The highest BCUT2D eigenvalue weighted by atomic mass is 79.9. The molecule has 0 aromatic heterocycles. The Bertz CT molecular complexity index is 367. The number of hydrogen-bond donors (Lipinski definition) is 0. The Balaban J connectivity index is 2.96. The van der Waals surface area contributed by atoms with Crippen LogP contribution >= 0.6 is 15.9 Å². The molecule has 0 atom stereocenters. The highest BCUT2D eigenvalue weighted by Crippen LogP contribution is 2.04. The van der Waals surface area contributed by atoms with Gasteiger partial charge in [0, 0.05) is 9.70 Å². The molecule has 0 spiro atoms. The second-order valence-corrected chi connectivity index (χ2v) is 3.20. The Labute approximate surface area is 67.2 Å². The molecule has 0 aliphatic carbocycles. The Hall–Kier alpha value is -0.630. The Morgan fingerprint density at radius 3 is 2.90 bits per heavy atom. The van der Waals surface area contributed by atoms with E-state index in [0.717, 1.165) is 11.9 Å². The van der Waals surface area contributed by atoms with Crippen LogP contribution in [0, 0.1) is 0 Å². The molecule has 1 aliphatic rings. The lowest BCUT2D eigenvalue weighted by Crippen LogP contribution is -2.20. The lowest BCUT2D eigenvalue weighted by atomic mass is 10.3. The van der Waals surface area contributed by atoms with Gasteiger partial charge in [0.1, 0.15) is 0 Å². The fraction of sp³-hybridized carbons (Fsp3) is 0.125. The quantitative estimate of drug-likeness (QED) is 0.582. The lowest BCUT2D eigenvalue weighted by molar-refractivity contribution is 1.22. The van der Waals surface area contributed by atoms with Crippen molar-refractivity contribution in [2.75, 3.05) is 6.54 Å². The zero-order chi connectivity index (χ0) is 6.97. The van der Waals surface area contributed by atoms with E-state index in [1.165, 1.54) is 9.70 Å². The summed E-state index contributed by atoms with van der Waals surface area (Å²) in [6, 6.07) is 8.15. The van der Waals surface area contributed by atoms with Gasteiger partial charge in [-0.15, -0.1) is 0 Å². The molecule has 0 saturated carbocycles. The molecule has 1 nitrogen and oxygen atoms in total. The van der Waals surface area contributed by atoms with Crippen LogP contribution in [-0.2, 0) is 0 Å². The van der Waals surface area contributed by atoms with Crippen molar-refractivity contribution < 1.29 is 0 Å². The van der Waals surface area contributed by atoms with Crippen molar-refractivity contribution in [3.8, 4) is 0 Å². The Morgan fingerprint density at radius 2 is 2.10 bits per heavy atom. The molecular formula is C8H6BrN. The molecule has 0 amide bonds. The van der Waals surface area contributed by atoms with Gasteiger partial charge in [0.2, 0.25) is 0 Å². The SMILES string of the molecule is BrC1=c2ccccc2=NC1. The standard InChI is InChI=1S/C8H6BrN/c9-7-5-10-8-4-2-1-3-6(7)8/h1-4H,5H2. The summed E-state index contributed by atoms with van der Waals surface area (Å²) >= 11 is 3.46. The zero-order valence-corrected chi connectivity index (χ0v) is 6.93. The molecule has 0 fully saturated rings. The van der Waals surface area contributed by atoms with Gasteiger partial charge in [0.25, 0.3) is 0 Å². The molecule has 1 aromatic carbocycles. The number of nitrogens with zero attached hydrogens (tertiary/aromatic N) is 1. The van der Waals surface area contributed by atoms with Crippen LogP contribution in [0.2, 0.25) is 0 Å². The molecule has 2 heteroatoms. The van der Waals surface area contributed by atoms with Crippen molar-refractivity contribution in [1.29, 1.82) is 0 Å². The second kappa shape index (κ2) is 2.20. The molecule has 10 heavy (non-hydrogen) atoms. The zero-order valence-electron chi connectivity index (χ0n) is 5.34. The summed E-state index contributed by atoms with van der Waals surface area (Å²) in [6.07, 6.45) is 0. The van der Waals surface area contributed by atoms with Gasteiger partial charge in [0.15, 0.2) is 0 Å². The van der Waals surface area contributed by atoms with Crippen LogP contribution in [0.15, 0.2) is 29.3 Å². The molecule has 0 N–H and O–H groups in total. The molecule has 0 bridgehead atoms. The number of rotatable bonds is 0. The van der Waals surface area contributed by atoms with Crippen LogP contribution in [0.1, 0.15) is 0 Å². The summed E-state index contributed by atoms with van der Waals surface area (Å²) in [4.78, 5) is 4.30. The minimum absolute atomic E-state index is 0.805. The highest BCUT2D eigenvalue weighted by Gasteiger charge is 1.99. The van der Waals surface area contributed by atoms with E-state index in [9.17, 15) is 0 Å². The second-order valence-electron chi connectivity index (χ2n) is 2.24. The van der Waals surface area contributed by atoms with Gasteiger partial charge in [0.05, 0.1) is 11.9 Å². The molecule has 50 valence electrons. The van der Waals surface area contributed by atoms with E-state index in [1.807, 2.05) is 18.2 Å². The van der Waals surface area contributed by atoms with Crippen molar-refractivity contribution in [1.82, 2.24) is 0 Å². The maximum atomic E-state index is 4.30. The smallest absolute Gasteiger partial charge is 0.0719 e. The largest absolute Gasteiger partial charge is 0.279 e. The number of benzene rings is 1. The molecule has 0 radical (unpaired) electrons. The van der Waals surface area contributed by atoms with Gasteiger partial charge in [-0.1, -0.05) is 34.1 Å². The molecule has 0 saturated heterocycles. The van der Waals surface area contributed by atoms with E-state index in [0.29, 0.717) is 0 Å². The number of halogens is 1. The van der Waals surface area contributed by atoms with Gasteiger partial charge < -0.3 is 0 Å². The summed E-state index contributed by atoms with van der Waals surface area (Å²) in [7, 11) is 0. The van der Waals surface area contributed by atoms with Crippen molar-refractivity contribution in [3.63, 3.8) is 0 Å². The van der Waals surface area contributed by atoms with Crippen LogP contribution in [0.3, 0.4) is 0 Å². The fourth-order valence-electron chi connectivity index (χ4n) is 1.08. The monoisotopic (exact) mass is 195 g/mol. The van der Waals surface area contributed by atoms with Crippen molar-refractivity contribution in [2.24, 2.45) is 4.99 Å². The predicted octanol–water partition coefficient (Wildman–Crippen LogP) is 0.823. The maximum Gasteiger partial charge on any atom is 0.0719 e. The summed E-state index contributed by atoms with van der Waals surface area (Å²) < 4.78 is 1.20. The van der Waals surface area contributed by atoms with Crippen molar-refractivity contribution in [3.05, 3.63) is 34.8 Å². The van der Waals surface area contributed by atoms with Gasteiger partial charge in [-0.05, 0) is 6.07 Å². The van der Waals surface area contributed by atoms with Gasteiger partial charge in [-0.2, -0.15) is 0 Å². The van der Waals surface area contributed by atoms with E-state index in [-0.39, 0.29) is 0 Å². The third kappa shape index (κ3) is 0.797. The average Bonchev–Trinajstić information content (AvgIpc) is 2.34. The number of para-hydroxylation sites is 1. The first kappa shape index (κ1) is 6.10. The summed E-state index contributed by atoms with van der Waals surface area (Å²) in [5.74, 6) is 0. The normalized spacial score (nSPS) is 14.7. The van der Waals surface area contributed by atoms with Gasteiger partial charge >= 0.3 is 0 Å². The van der Waals surface area contributed by atoms with Crippen LogP contribution in [0.25, 0.3) is 4.48 Å². The first-order valence-corrected chi connectivity index (χ1v) is 3.95. The van der Waals surface area contributed by atoms with E-state index in [4.69, 9.17) is 0 Å². The number of hydrogen-bond acceptors (Lipinski definition) is 1. The van der Waals surface area contributed by atoms with E-state index in [1.54, 1.807) is 0 Å². The fourth-order valence-corrected chi connectivity index (χ4v) is 1.54. The van der Waals surface area contributed by atoms with Crippen LogP contribution in [-0.4, -0.2) is 6.54 Å². The predicted molar refractivity (Wildman–Crippen MR) is 44.4 cm³/mol. The highest BCUT2D eigenvalue weighted by molar-refractivity contribution is 9.14. The third-order valence-electron chi connectivity index (χ3n) is 1.58. The molecule has 1 heterocycles. The van der Waals surface area contributed by atoms with Crippen molar-refractivity contribution in [2.45, 2.75) is 0 Å². The first-order valence-electron chi connectivity index (χ1n) is 3.16. The van der Waals surface area contributed by atoms with Crippen molar-refractivity contribution >= 4 is 20.4 Å². The van der Waals surface area contributed by atoms with Gasteiger partial charge in [-0.3, -0.25) is 4.99 Å². The van der Waals surface area contributed by atoms with Crippen LogP contribution in [0.5, 0.6) is 0 Å². The molecule has 2 rings (SSSR count). The van der Waals surface area contributed by atoms with Crippen LogP contribution < -0.4 is 10.6 Å². The Morgan fingerprint density at radius 1 is 1.30 bits per heavy atom. The van der Waals surface area contributed by atoms with Gasteiger partial charge in [-0.25, -0.2) is 0 Å². The molecule has 1 aliphatic heterocycles. The minimum Gasteiger partial charge on any atom is -0.279 e. The summed E-state index contributed by atoms with van der Waals surface area (Å²) in [6.45, 7) is 0.805. The minimum atomic E-state index is 0.805. The summed E-state index contributed by atoms with van der Waals surface area (Å²) in [5.41, 5.74) is 0. The summed E-state index contributed by atoms with van der Waals surface area (Å²) in [5, 5.41) is 2.34. The molecule has 0 unspecified atom stereocenters. The molecular weight excluding hydrogens is 190 g/mol. The third-order valence-corrected chi connectivity index (χ3v) is 2.26. The topological polar surface area (TPSA) is 12.4 Å². The molecule has 1 aromatic rings. The van der Waals surface area contributed by atoms with Crippen LogP contribution in [0.4, 0.5) is 0 Å². The van der Waals surface area contributed by atoms with E-state index in [2.05, 4.69) is 27.0 Å². The van der Waals surface area contributed by atoms with E-state index < -0.39 is 0 Å². The average molecular weight is 196 g/mol.